The lowest BCUT2D eigenvalue weighted by molar-refractivity contribution is 0.102. The summed E-state index contributed by atoms with van der Waals surface area (Å²) in [5, 5.41) is 13.0. The van der Waals surface area contributed by atoms with Crippen molar-refractivity contribution in [2.45, 2.75) is 6.92 Å². The zero-order valence-electron chi connectivity index (χ0n) is 7.22. The quantitative estimate of drug-likeness (QED) is 0.843. The Morgan fingerprint density at radius 1 is 1.50 bits per heavy atom. The molecule has 0 aliphatic carbocycles. The summed E-state index contributed by atoms with van der Waals surface area (Å²) in [5.41, 5.74) is 1.98. The van der Waals surface area contributed by atoms with Crippen LogP contribution in [0.5, 0.6) is 0 Å². The highest BCUT2D eigenvalue weighted by Crippen LogP contribution is 2.12. The number of nitrogens with zero attached hydrogens (tertiary/aromatic N) is 3. The first-order chi connectivity index (χ1) is 6.75. The summed E-state index contributed by atoms with van der Waals surface area (Å²) in [6.07, 6.45) is 0. The van der Waals surface area contributed by atoms with Gasteiger partial charge < -0.3 is 0 Å². The van der Waals surface area contributed by atoms with E-state index in [1.54, 1.807) is 10.9 Å². The second kappa shape index (κ2) is 3.81. The molecule has 0 atom stereocenters. The highest BCUT2D eigenvalue weighted by Gasteiger charge is 2.10. The van der Waals surface area contributed by atoms with Gasteiger partial charge in [-0.15, -0.1) is 21.5 Å². The fourth-order valence-corrected chi connectivity index (χ4v) is 1.89. The van der Waals surface area contributed by atoms with Gasteiger partial charge in [0, 0.05) is 5.38 Å². The number of amides is 1. The van der Waals surface area contributed by atoms with Crippen LogP contribution in [0.25, 0.3) is 0 Å². The summed E-state index contributed by atoms with van der Waals surface area (Å²) in [7, 11) is 0. The lowest BCUT2D eigenvalue weighted by Gasteiger charge is -1.95. The summed E-state index contributed by atoms with van der Waals surface area (Å²) in [6, 6.07) is 0. The molecule has 14 heavy (non-hydrogen) atoms. The van der Waals surface area contributed by atoms with Crippen LogP contribution in [0, 0.1) is 6.92 Å². The fraction of sp³-hybridized carbons (Fsp3) is 0.143. The Labute approximate surface area is 87.8 Å². The molecular formula is C7H6N4OS2. The number of aromatic nitrogens is 3. The molecule has 0 fully saturated rings. The van der Waals surface area contributed by atoms with Gasteiger partial charge in [-0.3, -0.25) is 10.1 Å². The molecule has 0 spiro atoms. The molecule has 1 amide bonds. The Morgan fingerprint density at radius 3 is 2.93 bits per heavy atom. The van der Waals surface area contributed by atoms with Crippen molar-refractivity contribution in [1.82, 2.24) is 15.2 Å². The molecule has 0 unspecified atom stereocenters. The minimum atomic E-state index is -0.244. The van der Waals surface area contributed by atoms with E-state index in [9.17, 15) is 4.79 Å². The molecule has 0 saturated heterocycles. The molecule has 2 aromatic rings. The van der Waals surface area contributed by atoms with E-state index < -0.39 is 0 Å². The van der Waals surface area contributed by atoms with E-state index in [0.29, 0.717) is 10.8 Å². The average Bonchev–Trinajstić information content (AvgIpc) is 2.75. The van der Waals surface area contributed by atoms with Gasteiger partial charge in [0.2, 0.25) is 5.13 Å². The Kier molecular flexibility index (Phi) is 2.51. The largest absolute Gasteiger partial charge is 0.295 e. The van der Waals surface area contributed by atoms with Crippen LogP contribution in [0.4, 0.5) is 5.13 Å². The van der Waals surface area contributed by atoms with Gasteiger partial charge in [0.1, 0.15) is 11.2 Å². The molecule has 0 radical (unpaired) electrons. The highest BCUT2D eigenvalue weighted by molar-refractivity contribution is 7.13. The first-order valence-electron chi connectivity index (χ1n) is 3.75. The Morgan fingerprint density at radius 2 is 2.36 bits per heavy atom. The SMILES string of the molecule is Cc1nc(C(=O)Nc2nncs2)cs1. The molecule has 0 aliphatic heterocycles. The molecule has 0 aromatic carbocycles. The molecule has 0 aliphatic rings. The van der Waals surface area contributed by atoms with Gasteiger partial charge in [-0.2, -0.15) is 0 Å². The number of hydrogen-bond acceptors (Lipinski definition) is 6. The van der Waals surface area contributed by atoms with Crippen molar-refractivity contribution in [3.8, 4) is 0 Å². The van der Waals surface area contributed by atoms with Crippen molar-refractivity contribution in [2.24, 2.45) is 0 Å². The average molecular weight is 226 g/mol. The summed E-state index contributed by atoms with van der Waals surface area (Å²) in [6.45, 7) is 1.85. The second-order valence-corrected chi connectivity index (χ2v) is 4.35. The highest BCUT2D eigenvalue weighted by atomic mass is 32.1. The zero-order valence-corrected chi connectivity index (χ0v) is 8.85. The van der Waals surface area contributed by atoms with Crippen molar-refractivity contribution in [2.75, 3.05) is 5.32 Å². The summed E-state index contributed by atoms with van der Waals surface area (Å²) in [5.74, 6) is -0.244. The van der Waals surface area contributed by atoms with Crippen LogP contribution >= 0.6 is 22.7 Å². The third-order valence-electron chi connectivity index (χ3n) is 1.43. The lowest BCUT2D eigenvalue weighted by atomic mass is 10.5. The van der Waals surface area contributed by atoms with E-state index >= 15 is 0 Å². The van der Waals surface area contributed by atoms with Crippen LogP contribution in [0.15, 0.2) is 10.9 Å². The Hall–Kier alpha value is -1.34. The topological polar surface area (TPSA) is 67.8 Å². The van der Waals surface area contributed by atoms with Crippen LogP contribution in [0.1, 0.15) is 15.5 Å². The number of carbonyl (C=O) groups excluding carboxylic acids is 1. The van der Waals surface area contributed by atoms with Crippen molar-refractivity contribution < 1.29 is 4.79 Å². The standard InChI is InChI=1S/C7H6N4OS2/c1-4-9-5(2-13-4)6(12)10-7-11-8-3-14-7/h2-3H,1H3,(H,10,11,12). The van der Waals surface area contributed by atoms with Crippen LogP contribution in [-0.4, -0.2) is 21.1 Å². The van der Waals surface area contributed by atoms with Gasteiger partial charge in [0.15, 0.2) is 0 Å². The normalized spacial score (nSPS) is 10.1. The smallest absolute Gasteiger partial charge is 0.276 e. The van der Waals surface area contributed by atoms with Crippen LogP contribution < -0.4 is 5.32 Å². The molecule has 0 saturated carbocycles. The van der Waals surface area contributed by atoms with E-state index in [1.807, 2.05) is 6.92 Å². The van der Waals surface area contributed by atoms with Crippen molar-refractivity contribution >= 4 is 33.7 Å². The number of carbonyl (C=O) groups is 1. The number of nitrogens with one attached hydrogen (secondary N) is 1. The maximum Gasteiger partial charge on any atom is 0.276 e. The van der Waals surface area contributed by atoms with Gasteiger partial charge >= 0.3 is 0 Å². The summed E-state index contributed by atoms with van der Waals surface area (Å²) >= 11 is 2.71. The number of thiazole rings is 1. The molecule has 2 rings (SSSR count). The Bertz CT molecular complexity index is 436. The molecule has 2 heterocycles. The van der Waals surface area contributed by atoms with Crippen molar-refractivity contribution in [3.63, 3.8) is 0 Å². The van der Waals surface area contributed by atoms with Crippen LogP contribution in [-0.2, 0) is 0 Å². The van der Waals surface area contributed by atoms with E-state index in [0.717, 1.165) is 5.01 Å². The molecule has 72 valence electrons. The maximum atomic E-state index is 11.5. The van der Waals surface area contributed by atoms with Crippen molar-refractivity contribution in [3.05, 3.63) is 21.6 Å². The minimum Gasteiger partial charge on any atom is -0.295 e. The predicted octanol–water partition coefficient (Wildman–Crippen LogP) is 1.56. The van der Waals surface area contributed by atoms with Gasteiger partial charge in [0.05, 0.1) is 5.01 Å². The van der Waals surface area contributed by atoms with Crippen molar-refractivity contribution in [1.29, 1.82) is 0 Å². The third-order valence-corrected chi connectivity index (χ3v) is 2.81. The molecular weight excluding hydrogens is 220 g/mol. The van der Waals surface area contributed by atoms with E-state index in [1.165, 1.54) is 22.7 Å². The van der Waals surface area contributed by atoms with Crippen LogP contribution in [0.2, 0.25) is 0 Å². The van der Waals surface area contributed by atoms with Gasteiger partial charge in [-0.1, -0.05) is 11.3 Å². The molecule has 2 aromatic heterocycles. The zero-order chi connectivity index (χ0) is 9.97. The lowest BCUT2D eigenvalue weighted by Crippen LogP contribution is -2.12. The second-order valence-electron chi connectivity index (χ2n) is 2.45. The molecule has 0 bridgehead atoms. The number of anilines is 1. The fourth-order valence-electron chi connectivity index (χ4n) is 0.856. The monoisotopic (exact) mass is 226 g/mol. The molecule has 1 N–H and O–H groups in total. The molecule has 5 nitrogen and oxygen atoms in total. The first-order valence-corrected chi connectivity index (χ1v) is 5.51. The predicted molar refractivity (Wildman–Crippen MR) is 54.7 cm³/mol. The van der Waals surface area contributed by atoms with Gasteiger partial charge in [-0.05, 0) is 6.92 Å². The van der Waals surface area contributed by atoms with E-state index in [2.05, 4.69) is 20.5 Å². The maximum absolute atomic E-state index is 11.5. The summed E-state index contributed by atoms with van der Waals surface area (Å²) < 4.78 is 0. The van der Waals surface area contributed by atoms with Gasteiger partial charge in [0.25, 0.3) is 5.91 Å². The van der Waals surface area contributed by atoms with Crippen LogP contribution in [0.3, 0.4) is 0 Å². The minimum absolute atomic E-state index is 0.244. The van der Waals surface area contributed by atoms with E-state index in [-0.39, 0.29) is 5.91 Å². The third kappa shape index (κ3) is 1.94. The Balaban J connectivity index is 2.10. The number of aryl methyl sites for hydroxylation is 1. The number of rotatable bonds is 2. The van der Waals surface area contributed by atoms with E-state index in [4.69, 9.17) is 0 Å². The summed E-state index contributed by atoms with van der Waals surface area (Å²) in [4.78, 5) is 15.6. The first kappa shape index (κ1) is 9.22. The number of hydrogen-bond donors (Lipinski definition) is 1. The molecule has 7 heteroatoms. The van der Waals surface area contributed by atoms with Gasteiger partial charge in [-0.25, -0.2) is 4.98 Å².